The molecule has 5 heterocycles. The summed E-state index contributed by atoms with van der Waals surface area (Å²) in [4.78, 5) is 29.4. The number of benzene rings is 1. The zero-order valence-electron chi connectivity index (χ0n) is 21.8. The molecule has 5 aromatic rings. The third-order valence-corrected chi connectivity index (χ3v) is 7.85. The van der Waals surface area contributed by atoms with E-state index in [1.807, 2.05) is 48.6 Å². The van der Waals surface area contributed by atoms with Crippen molar-refractivity contribution >= 4 is 39.7 Å². The Bertz CT molecular complexity index is 1680. The molecule has 0 amide bonds. The molecule has 6 rings (SSSR count). The first kappa shape index (κ1) is 25.0. The molecule has 0 aliphatic carbocycles. The molecule has 0 saturated carbocycles. The van der Waals surface area contributed by atoms with Crippen molar-refractivity contribution in [3.8, 4) is 10.8 Å². The van der Waals surface area contributed by atoms with Crippen LogP contribution in [0.5, 0.6) is 0 Å². The smallest absolute Gasteiger partial charge is 0.261 e. The topological polar surface area (TPSA) is 101 Å². The van der Waals surface area contributed by atoms with E-state index >= 15 is 0 Å². The minimum Gasteiger partial charge on any atom is -0.461 e. The standard InChI is InChI=1S/C29H29N7O2S/c1-18(35(2)3)24-14-22-16-32-29(33-23-6-4-19(5-7-23)20-8-10-30-15-20)34-26(22)36(28(24)37)17-21-9-12-38-25(21)27-31-11-13-39-27/h4-7,9,11-14,16,20,30H,1,8,10,15,17H2,2-3H3,(H,32,33,34). The quantitative estimate of drug-likeness (QED) is 0.287. The second kappa shape index (κ2) is 10.5. The summed E-state index contributed by atoms with van der Waals surface area (Å²) >= 11 is 1.49. The number of anilines is 2. The fourth-order valence-electron chi connectivity index (χ4n) is 4.87. The fourth-order valence-corrected chi connectivity index (χ4v) is 5.53. The average Bonchev–Trinajstić information content (AvgIpc) is 3.73. The van der Waals surface area contributed by atoms with Crippen LogP contribution in [-0.2, 0) is 6.54 Å². The Labute approximate surface area is 229 Å². The molecule has 2 N–H and O–H groups in total. The van der Waals surface area contributed by atoms with Crippen LogP contribution in [0.25, 0.3) is 27.5 Å². The highest BCUT2D eigenvalue weighted by molar-refractivity contribution is 7.13. The van der Waals surface area contributed by atoms with Crippen LogP contribution in [0.4, 0.5) is 11.6 Å². The van der Waals surface area contributed by atoms with Crippen LogP contribution in [0, 0.1) is 0 Å². The number of nitrogens with one attached hydrogen (secondary N) is 2. The van der Waals surface area contributed by atoms with Gasteiger partial charge >= 0.3 is 0 Å². The normalized spacial score (nSPS) is 15.1. The molecule has 1 aliphatic heterocycles. The maximum Gasteiger partial charge on any atom is 0.261 e. The van der Waals surface area contributed by atoms with Gasteiger partial charge in [-0.2, -0.15) is 4.98 Å². The number of hydrogen-bond donors (Lipinski definition) is 2. The SMILES string of the molecule is C=C(c1cc2cnc(Nc3ccc(C4CCNC4)cc3)nc2n(Cc2ccoc2-c2nccs2)c1=O)N(C)C. The number of furan rings is 1. The molecule has 4 aromatic heterocycles. The molecule has 1 aromatic carbocycles. The first-order valence-electron chi connectivity index (χ1n) is 12.8. The summed E-state index contributed by atoms with van der Waals surface area (Å²) < 4.78 is 7.41. The predicted octanol–water partition coefficient (Wildman–Crippen LogP) is 4.91. The van der Waals surface area contributed by atoms with Crippen molar-refractivity contribution in [1.82, 2.24) is 29.7 Å². The predicted molar refractivity (Wildman–Crippen MR) is 155 cm³/mol. The molecule has 1 unspecified atom stereocenters. The fraction of sp³-hybridized carbons (Fsp3) is 0.241. The molecular weight excluding hydrogens is 510 g/mol. The van der Waals surface area contributed by atoms with Crippen LogP contribution < -0.4 is 16.2 Å². The van der Waals surface area contributed by atoms with Crippen LogP contribution >= 0.6 is 11.3 Å². The van der Waals surface area contributed by atoms with E-state index in [1.165, 1.54) is 16.9 Å². The molecule has 39 heavy (non-hydrogen) atoms. The molecule has 1 atom stereocenters. The number of rotatable bonds is 8. The van der Waals surface area contributed by atoms with Gasteiger partial charge in [0.2, 0.25) is 5.95 Å². The van der Waals surface area contributed by atoms with E-state index in [2.05, 4.69) is 39.3 Å². The van der Waals surface area contributed by atoms with Crippen LogP contribution in [0.1, 0.15) is 29.0 Å². The van der Waals surface area contributed by atoms with E-state index in [1.54, 1.807) is 23.2 Å². The zero-order chi connectivity index (χ0) is 26.9. The summed E-state index contributed by atoms with van der Waals surface area (Å²) in [5.74, 6) is 1.61. The Balaban J connectivity index is 1.39. The van der Waals surface area contributed by atoms with Crippen molar-refractivity contribution < 1.29 is 4.42 Å². The first-order valence-corrected chi connectivity index (χ1v) is 13.7. The molecule has 1 fully saturated rings. The second-order valence-electron chi connectivity index (χ2n) is 9.81. The minimum absolute atomic E-state index is 0.188. The zero-order valence-corrected chi connectivity index (χ0v) is 22.7. The molecule has 0 bridgehead atoms. The first-order chi connectivity index (χ1) is 19.0. The van der Waals surface area contributed by atoms with Crippen LogP contribution in [0.3, 0.4) is 0 Å². The Morgan fingerprint density at radius 2 is 2.10 bits per heavy atom. The third-order valence-electron chi connectivity index (χ3n) is 7.08. The Morgan fingerprint density at radius 1 is 1.26 bits per heavy atom. The highest BCUT2D eigenvalue weighted by Crippen LogP contribution is 2.29. The van der Waals surface area contributed by atoms with Gasteiger partial charge in [-0.15, -0.1) is 11.3 Å². The summed E-state index contributed by atoms with van der Waals surface area (Å²) in [5, 5.41) is 10.1. The maximum absolute atomic E-state index is 13.8. The van der Waals surface area contributed by atoms with Gasteiger partial charge in [-0.25, -0.2) is 9.97 Å². The largest absolute Gasteiger partial charge is 0.461 e. The lowest BCUT2D eigenvalue weighted by molar-refractivity contribution is 0.576. The van der Waals surface area contributed by atoms with E-state index in [0.717, 1.165) is 41.2 Å². The van der Waals surface area contributed by atoms with Crippen molar-refractivity contribution in [3.63, 3.8) is 0 Å². The van der Waals surface area contributed by atoms with Gasteiger partial charge < -0.3 is 20.0 Å². The maximum atomic E-state index is 13.8. The van der Waals surface area contributed by atoms with Gasteiger partial charge in [0.25, 0.3) is 5.56 Å². The summed E-state index contributed by atoms with van der Waals surface area (Å²) in [5.41, 5.74) is 4.49. The Hall–Kier alpha value is -4.28. The van der Waals surface area contributed by atoms with Gasteiger partial charge in [-0.1, -0.05) is 18.7 Å². The average molecular weight is 540 g/mol. The van der Waals surface area contributed by atoms with Crippen molar-refractivity contribution in [1.29, 1.82) is 0 Å². The Morgan fingerprint density at radius 3 is 2.82 bits per heavy atom. The van der Waals surface area contributed by atoms with Gasteiger partial charge in [-0.3, -0.25) is 9.36 Å². The summed E-state index contributed by atoms with van der Waals surface area (Å²) in [6.45, 7) is 6.46. The van der Waals surface area contributed by atoms with Gasteiger partial charge in [-0.05, 0) is 48.7 Å². The van der Waals surface area contributed by atoms with E-state index in [-0.39, 0.29) is 12.1 Å². The molecule has 1 aliphatic rings. The molecule has 10 heteroatoms. The third kappa shape index (κ3) is 4.96. The van der Waals surface area contributed by atoms with Gasteiger partial charge in [0.05, 0.1) is 18.4 Å². The van der Waals surface area contributed by atoms with Gasteiger partial charge in [0.15, 0.2) is 10.8 Å². The van der Waals surface area contributed by atoms with Crippen molar-refractivity contribution in [3.05, 3.63) is 94.1 Å². The number of thiazole rings is 1. The summed E-state index contributed by atoms with van der Waals surface area (Å²) in [6, 6.07) is 12.1. The highest BCUT2D eigenvalue weighted by Gasteiger charge is 2.19. The number of aromatic nitrogens is 4. The second-order valence-corrected chi connectivity index (χ2v) is 10.7. The van der Waals surface area contributed by atoms with Crippen LogP contribution in [-0.4, -0.2) is 51.6 Å². The number of pyridine rings is 1. The van der Waals surface area contributed by atoms with E-state index in [9.17, 15) is 4.79 Å². The number of hydrogen-bond acceptors (Lipinski definition) is 9. The van der Waals surface area contributed by atoms with Gasteiger partial charge in [0.1, 0.15) is 5.65 Å². The number of fused-ring (bicyclic) bond motifs is 1. The van der Waals surface area contributed by atoms with Crippen LogP contribution in [0.15, 0.2) is 76.2 Å². The molecular formula is C29H29N7O2S. The van der Waals surface area contributed by atoms with Crippen LogP contribution in [0.2, 0.25) is 0 Å². The molecule has 0 spiro atoms. The lowest BCUT2D eigenvalue weighted by Crippen LogP contribution is -2.27. The van der Waals surface area contributed by atoms with Crippen molar-refractivity contribution in [2.75, 3.05) is 32.5 Å². The molecule has 198 valence electrons. The van der Waals surface area contributed by atoms with E-state index < -0.39 is 0 Å². The molecule has 0 radical (unpaired) electrons. The minimum atomic E-state index is -0.188. The lowest BCUT2D eigenvalue weighted by Gasteiger charge is -2.18. The van der Waals surface area contributed by atoms with Crippen molar-refractivity contribution in [2.24, 2.45) is 0 Å². The Kier molecular flexibility index (Phi) is 6.72. The molecule has 9 nitrogen and oxygen atoms in total. The lowest BCUT2D eigenvalue weighted by atomic mass is 9.98. The number of nitrogens with zero attached hydrogens (tertiary/aromatic N) is 5. The van der Waals surface area contributed by atoms with Gasteiger partial charge in [0, 0.05) is 60.7 Å². The van der Waals surface area contributed by atoms with E-state index in [0.29, 0.717) is 34.5 Å². The summed E-state index contributed by atoms with van der Waals surface area (Å²) in [6.07, 6.45) is 6.25. The molecule has 1 saturated heterocycles. The monoisotopic (exact) mass is 539 g/mol. The van der Waals surface area contributed by atoms with E-state index in [4.69, 9.17) is 9.40 Å². The summed E-state index contributed by atoms with van der Waals surface area (Å²) in [7, 11) is 3.73. The van der Waals surface area contributed by atoms with Crippen molar-refractivity contribution in [2.45, 2.75) is 18.9 Å². The highest BCUT2D eigenvalue weighted by atomic mass is 32.1.